The molecule has 0 aromatic rings. The Morgan fingerprint density at radius 2 is 1.43 bits per heavy atom. The molecule has 0 aromatic heterocycles. The lowest BCUT2D eigenvalue weighted by Gasteiger charge is -2.65. The smallest absolute Gasteiger partial charge is 0.397 e. The second-order valence-corrected chi connectivity index (χ2v) is 26.1. The third-order valence-corrected chi connectivity index (χ3v) is 20.7. The summed E-state index contributed by atoms with van der Waals surface area (Å²) in [6, 6.07) is 0. The summed E-state index contributed by atoms with van der Waals surface area (Å²) in [6.07, 6.45) is -24.7. The van der Waals surface area contributed by atoms with E-state index in [2.05, 4.69) is 19.6 Å². The molecule has 9 aliphatic rings. The van der Waals surface area contributed by atoms with Gasteiger partial charge in [0, 0.05) is 12.5 Å². The molecule has 452 valence electrons. The van der Waals surface area contributed by atoms with Gasteiger partial charge in [-0.05, 0) is 101 Å². The first kappa shape index (κ1) is 61.6. The SMILES string of the molecule is C=C(C)CCCC1(C)OC(=O)C23C(O)CC4C(=CCC5C(C)(C)C(OC6OCC(OS(=O)(=O)O)C(O)C6OC6OC(C)C(OC7OCC(O)C(OC8OC(CO)C(O)C(OC)C8O)C7O)C(O)C6O)CCC45C)C2(C)CCC13O. The standard InChI is InChI=1S/C53H84O25S/c1-23(2)11-10-15-51(8)52(64)18-17-50(7)25-12-13-30-48(4,5)32(14-16-49(30,6)26(25)19-31(56)53(50,52)47(63)77-51)73-46-42(34(58)29(22-70-46)78-79(65,66)67)76-44-36(60)35(59)39(24(3)71-44)74-43-37(61)40(27(55)21-69-43)75-45-38(62)41(68-9)33(57)28(20-54)72-45/h12,24,26-46,54-62,64H,1,10-11,13-22H2,2-9H3,(H,65,66,67). The predicted molar refractivity (Wildman–Crippen MR) is 268 cm³/mol. The van der Waals surface area contributed by atoms with Crippen molar-refractivity contribution >= 4 is 16.4 Å². The Kier molecular flexibility index (Phi) is 17.3. The van der Waals surface area contributed by atoms with E-state index in [1.807, 2.05) is 27.7 Å². The molecule has 4 aliphatic carbocycles. The van der Waals surface area contributed by atoms with Crippen LogP contribution in [0.1, 0.15) is 106 Å². The molecule has 5 heterocycles. The minimum absolute atomic E-state index is 0.111. The maximum absolute atomic E-state index is 14.5. The van der Waals surface area contributed by atoms with Gasteiger partial charge in [0.25, 0.3) is 0 Å². The molecule has 5 aliphatic heterocycles. The minimum atomic E-state index is -5.17. The zero-order chi connectivity index (χ0) is 57.9. The van der Waals surface area contributed by atoms with Crippen LogP contribution in [0.15, 0.2) is 23.8 Å². The molecule has 27 atom stereocenters. The third-order valence-electron chi connectivity index (χ3n) is 20.2. The Balaban J connectivity index is 0.902. The van der Waals surface area contributed by atoms with Crippen molar-refractivity contribution in [3.63, 3.8) is 0 Å². The number of aliphatic hydroxyl groups excluding tert-OH is 9. The van der Waals surface area contributed by atoms with E-state index in [1.54, 1.807) is 6.92 Å². The van der Waals surface area contributed by atoms with Gasteiger partial charge in [-0.15, -0.1) is 6.58 Å². The number of hydrogen-bond donors (Lipinski definition) is 11. The van der Waals surface area contributed by atoms with Crippen LogP contribution in [-0.4, -0.2) is 231 Å². The van der Waals surface area contributed by atoms with Crippen molar-refractivity contribution in [2.45, 2.75) is 240 Å². The predicted octanol–water partition coefficient (Wildman–Crippen LogP) is -0.836. The zero-order valence-electron chi connectivity index (χ0n) is 46.0. The van der Waals surface area contributed by atoms with E-state index in [4.69, 9.17) is 51.6 Å². The molecule has 1 spiro atoms. The number of allylic oxidation sites excluding steroid dienone is 3. The quantitative estimate of drug-likeness (QED) is 0.0510. The van der Waals surface area contributed by atoms with Crippen molar-refractivity contribution in [1.29, 1.82) is 0 Å². The summed E-state index contributed by atoms with van der Waals surface area (Å²) >= 11 is 0. The van der Waals surface area contributed by atoms with Gasteiger partial charge in [0.2, 0.25) is 0 Å². The zero-order valence-corrected chi connectivity index (χ0v) is 46.8. The van der Waals surface area contributed by atoms with Crippen molar-refractivity contribution in [3.8, 4) is 0 Å². The summed E-state index contributed by atoms with van der Waals surface area (Å²) in [4.78, 5) is 14.5. The van der Waals surface area contributed by atoms with Gasteiger partial charge >= 0.3 is 16.4 Å². The topological polar surface area (TPSA) is 375 Å². The highest BCUT2D eigenvalue weighted by Gasteiger charge is 2.85. The van der Waals surface area contributed by atoms with Gasteiger partial charge in [-0.2, -0.15) is 8.42 Å². The molecular weight excluding hydrogens is 1070 g/mol. The number of methoxy groups -OCH3 is 1. The summed E-state index contributed by atoms with van der Waals surface area (Å²) in [5, 5.41) is 114. The Morgan fingerprint density at radius 1 is 0.785 bits per heavy atom. The normalized spacial score (nSPS) is 51.6. The molecule has 79 heavy (non-hydrogen) atoms. The maximum Gasteiger partial charge on any atom is 0.397 e. The van der Waals surface area contributed by atoms with Crippen LogP contribution < -0.4 is 0 Å². The molecule has 3 saturated carbocycles. The number of fused-ring (bicyclic) bond motifs is 4. The van der Waals surface area contributed by atoms with Crippen LogP contribution in [-0.2, 0) is 66.7 Å². The molecule has 11 N–H and O–H groups in total. The minimum Gasteiger partial charge on any atom is -0.456 e. The van der Waals surface area contributed by atoms with Gasteiger partial charge in [-0.1, -0.05) is 44.9 Å². The fourth-order valence-electron chi connectivity index (χ4n) is 16.0. The summed E-state index contributed by atoms with van der Waals surface area (Å²) in [6.45, 7) is 15.6. The van der Waals surface area contributed by atoms with E-state index >= 15 is 0 Å². The van der Waals surface area contributed by atoms with Crippen molar-refractivity contribution in [2.24, 2.45) is 33.5 Å². The molecule has 0 bridgehead atoms. The second kappa shape index (κ2) is 22.2. The number of esters is 1. The number of carbonyl (C=O) groups excluding carboxylic acids is 1. The third kappa shape index (κ3) is 10.0. The van der Waals surface area contributed by atoms with Crippen molar-refractivity contribution < 1.29 is 120 Å². The molecule has 5 saturated heterocycles. The lowest BCUT2D eigenvalue weighted by molar-refractivity contribution is -0.382. The van der Waals surface area contributed by atoms with Crippen molar-refractivity contribution in [1.82, 2.24) is 0 Å². The molecule has 27 unspecified atom stereocenters. The number of ether oxygens (including phenoxy) is 10. The Bertz CT molecular complexity index is 2380. The number of hydrogen-bond acceptors (Lipinski definition) is 24. The second-order valence-electron chi connectivity index (χ2n) is 25.1. The van der Waals surface area contributed by atoms with Crippen LogP contribution >= 0.6 is 0 Å². The Hall–Kier alpha value is -1.94. The average Bonchev–Trinajstić information content (AvgIpc) is 3.75. The molecule has 8 fully saturated rings. The van der Waals surface area contributed by atoms with E-state index in [0.29, 0.717) is 44.9 Å². The van der Waals surface area contributed by atoms with E-state index in [1.165, 1.54) is 14.0 Å². The monoisotopic (exact) mass is 1150 g/mol. The molecule has 25 nitrogen and oxygen atoms in total. The van der Waals surface area contributed by atoms with Crippen LogP contribution in [0.4, 0.5) is 0 Å². The van der Waals surface area contributed by atoms with Crippen LogP contribution in [0.3, 0.4) is 0 Å². The lowest BCUT2D eigenvalue weighted by atomic mass is 9.39. The fourth-order valence-corrected chi connectivity index (χ4v) is 16.5. The first-order valence-corrected chi connectivity index (χ1v) is 28.9. The van der Waals surface area contributed by atoms with E-state index in [-0.39, 0.29) is 24.7 Å². The Morgan fingerprint density at radius 3 is 2.09 bits per heavy atom. The van der Waals surface area contributed by atoms with Gasteiger partial charge in [0.15, 0.2) is 25.2 Å². The first-order chi connectivity index (χ1) is 36.8. The first-order valence-electron chi connectivity index (χ1n) is 27.6. The summed E-state index contributed by atoms with van der Waals surface area (Å²) in [7, 11) is -3.96. The number of cyclic esters (lactones) is 1. The van der Waals surface area contributed by atoms with E-state index in [0.717, 1.165) is 11.1 Å². The van der Waals surface area contributed by atoms with Gasteiger partial charge in [0.1, 0.15) is 96.0 Å². The molecule has 26 heteroatoms. The molecular formula is C53H84O25S. The van der Waals surface area contributed by atoms with E-state index < -0.39 is 192 Å². The largest absolute Gasteiger partial charge is 0.456 e. The molecule has 9 rings (SSSR count). The van der Waals surface area contributed by atoms with Crippen LogP contribution in [0.5, 0.6) is 0 Å². The number of carbonyl (C=O) groups is 1. The summed E-state index contributed by atoms with van der Waals surface area (Å²) in [5.41, 5.74) is -4.49. The fraction of sp³-hybridized carbons (Fsp3) is 0.906. The van der Waals surface area contributed by atoms with Crippen molar-refractivity contribution in [2.75, 3.05) is 26.9 Å². The van der Waals surface area contributed by atoms with Crippen LogP contribution in [0, 0.1) is 33.5 Å². The van der Waals surface area contributed by atoms with Gasteiger partial charge in [-0.3, -0.25) is 9.35 Å². The van der Waals surface area contributed by atoms with Gasteiger partial charge in [-0.25, -0.2) is 4.18 Å². The summed E-state index contributed by atoms with van der Waals surface area (Å²) < 4.78 is 97.6. The van der Waals surface area contributed by atoms with Crippen molar-refractivity contribution in [3.05, 3.63) is 23.8 Å². The van der Waals surface area contributed by atoms with Gasteiger partial charge in [0.05, 0.1) is 38.1 Å². The lowest BCUT2D eigenvalue weighted by Crippen LogP contribution is -2.68. The number of rotatable bonds is 16. The maximum atomic E-state index is 14.5. The highest BCUT2D eigenvalue weighted by atomic mass is 32.3. The Labute approximate surface area is 459 Å². The summed E-state index contributed by atoms with van der Waals surface area (Å²) in [5.74, 6) is -0.882. The number of aliphatic hydroxyl groups is 10. The highest BCUT2D eigenvalue weighted by Crippen LogP contribution is 2.77. The highest BCUT2D eigenvalue weighted by molar-refractivity contribution is 7.80. The average molecular weight is 1150 g/mol. The van der Waals surface area contributed by atoms with Crippen LogP contribution in [0.2, 0.25) is 0 Å². The van der Waals surface area contributed by atoms with E-state index in [9.17, 15) is 68.8 Å². The molecule has 0 aromatic carbocycles. The van der Waals surface area contributed by atoms with Gasteiger partial charge < -0.3 is 98.4 Å². The van der Waals surface area contributed by atoms with Crippen LogP contribution in [0.25, 0.3) is 0 Å². The molecule has 0 radical (unpaired) electrons. The molecule has 0 amide bonds.